The van der Waals surface area contributed by atoms with Gasteiger partial charge in [-0.15, -0.1) is 6.42 Å². The monoisotopic (exact) mass is 192 g/mol. The van der Waals surface area contributed by atoms with Crippen molar-refractivity contribution in [1.82, 2.24) is 5.32 Å². The van der Waals surface area contributed by atoms with Gasteiger partial charge in [-0.2, -0.15) is 0 Å². The van der Waals surface area contributed by atoms with E-state index in [0.717, 1.165) is 0 Å². The Labute approximate surface area is 83.3 Å². The number of hydrogen-bond donors (Lipinski definition) is 2. The van der Waals surface area contributed by atoms with Crippen molar-refractivity contribution in [1.29, 1.82) is 0 Å². The lowest BCUT2D eigenvalue weighted by Crippen LogP contribution is -2.29. The summed E-state index contributed by atoms with van der Waals surface area (Å²) in [6.45, 7) is 0.707. The highest BCUT2D eigenvalue weighted by Gasteiger charge is 2.11. The summed E-state index contributed by atoms with van der Waals surface area (Å²) in [7, 11) is 0. The van der Waals surface area contributed by atoms with E-state index >= 15 is 0 Å². The highest BCUT2D eigenvalue weighted by atomic mass is 19.1. The van der Waals surface area contributed by atoms with Gasteiger partial charge < -0.3 is 5.73 Å². The maximum atomic E-state index is 13.3. The molecule has 0 saturated carbocycles. The number of hydrogen-bond acceptors (Lipinski definition) is 2. The first-order valence-corrected chi connectivity index (χ1v) is 4.41. The van der Waals surface area contributed by atoms with E-state index in [1.807, 2.05) is 0 Å². The van der Waals surface area contributed by atoms with E-state index in [0.29, 0.717) is 18.7 Å². The van der Waals surface area contributed by atoms with Gasteiger partial charge in [0.05, 0.1) is 6.54 Å². The summed E-state index contributed by atoms with van der Waals surface area (Å²) in [5, 5.41) is 2.98. The van der Waals surface area contributed by atoms with Crippen LogP contribution in [0.3, 0.4) is 0 Å². The molecule has 1 unspecified atom stereocenters. The third kappa shape index (κ3) is 2.56. The molecule has 0 heterocycles. The first-order chi connectivity index (χ1) is 6.79. The fourth-order valence-electron chi connectivity index (χ4n) is 1.26. The predicted octanol–water partition coefficient (Wildman–Crippen LogP) is 1.05. The molecule has 0 aliphatic heterocycles. The van der Waals surface area contributed by atoms with E-state index in [1.54, 1.807) is 18.2 Å². The summed E-state index contributed by atoms with van der Waals surface area (Å²) in [4.78, 5) is 0. The van der Waals surface area contributed by atoms with Crippen LogP contribution in [-0.4, -0.2) is 13.1 Å². The minimum absolute atomic E-state index is 0.216. The average Bonchev–Trinajstić information content (AvgIpc) is 2.21. The molecule has 3 heteroatoms. The predicted molar refractivity (Wildman–Crippen MR) is 55.0 cm³/mol. The zero-order valence-corrected chi connectivity index (χ0v) is 7.83. The summed E-state index contributed by atoms with van der Waals surface area (Å²) in [5.41, 5.74) is 6.08. The third-order valence-corrected chi connectivity index (χ3v) is 1.97. The molecular formula is C11H13FN2. The smallest absolute Gasteiger partial charge is 0.128 e. The highest BCUT2D eigenvalue weighted by Crippen LogP contribution is 2.15. The van der Waals surface area contributed by atoms with Gasteiger partial charge in [0.15, 0.2) is 0 Å². The van der Waals surface area contributed by atoms with Crippen molar-refractivity contribution in [3.05, 3.63) is 35.6 Å². The molecule has 0 saturated heterocycles. The fraction of sp³-hybridized carbons (Fsp3) is 0.273. The highest BCUT2D eigenvalue weighted by molar-refractivity contribution is 5.21. The molecule has 0 aromatic heterocycles. The van der Waals surface area contributed by atoms with Crippen LogP contribution >= 0.6 is 0 Å². The molecule has 14 heavy (non-hydrogen) atoms. The first-order valence-electron chi connectivity index (χ1n) is 4.41. The Morgan fingerprint density at radius 2 is 2.21 bits per heavy atom. The fourth-order valence-corrected chi connectivity index (χ4v) is 1.26. The van der Waals surface area contributed by atoms with Gasteiger partial charge in [-0.25, -0.2) is 4.39 Å². The van der Waals surface area contributed by atoms with Gasteiger partial charge in [-0.3, -0.25) is 5.32 Å². The molecular weight excluding hydrogens is 179 g/mol. The topological polar surface area (TPSA) is 38.0 Å². The van der Waals surface area contributed by atoms with Crippen LogP contribution in [0.5, 0.6) is 0 Å². The van der Waals surface area contributed by atoms with Gasteiger partial charge in [-0.05, 0) is 6.07 Å². The van der Waals surface area contributed by atoms with Crippen LogP contribution in [0.15, 0.2) is 24.3 Å². The Hall–Kier alpha value is -1.37. The van der Waals surface area contributed by atoms with Crippen LogP contribution < -0.4 is 11.1 Å². The molecule has 0 aliphatic carbocycles. The Morgan fingerprint density at radius 3 is 2.79 bits per heavy atom. The Balaban J connectivity index is 2.79. The van der Waals surface area contributed by atoms with Crippen LogP contribution in [0.1, 0.15) is 11.6 Å². The molecule has 1 atom stereocenters. The quantitative estimate of drug-likeness (QED) is 0.700. The number of nitrogens with one attached hydrogen (secondary N) is 1. The summed E-state index contributed by atoms with van der Waals surface area (Å²) in [6, 6.07) is 6.32. The lowest BCUT2D eigenvalue weighted by atomic mass is 10.1. The van der Waals surface area contributed by atoms with Gasteiger partial charge in [-0.1, -0.05) is 24.1 Å². The van der Waals surface area contributed by atoms with Crippen molar-refractivity contribution >= 4 is 0 Å². The molecule has 1 rings (SSSR count). The Kier molecular flexibility index (Phi) is 4.11. The molecule has 1 aromatic rings. The van der Waals surface area contributed by atoms with Crippen molar-refractivity contribution in [3.8, 4) is 12.3 Å². The summed E-state index contributed by atoms with van der Waals surface area (Å²) in [5.74, 6) is 2.18. The minimum atomic E-state index is -0.257. The Bertz CT molecular complexity index is 330. The second kappa shape index (κ2) is 5.38. The minimum Gasteiger partial charge on any atom is -0.329 e. The maximum Gasteiger partial charge on any atom is 0.128 e. The van der Waals surface area contributed by atoms with Crippen LogP contribution in [0, 0.1) is 18.2 Å². The van der Waals surface area contributed by atoms with E-state index in [2.05, 4.69) is 11.2 Å². The van der Waals surface area contributed by atoms with Crippen molar-refractivity contribution in [2.24, 2.45) is 5.73 Å². The first kappa shape index (κ1) is 10.7. The van der Waals surface area contributed by atoms with Gasteiger partial charge in [0, 0.05) is 18.2 Å². The molecule has 0 spiro atoms. The maximum absolute atomic E-state index is 13.3. The lowest BCUT2D eigenvalue weighted by molar-refractivity contribution is 0.530. The van der Waals surface area contributed by atoms with Crippen molar-refractivity contribution in [3.63, 3.8) is 0 Å². The molecule has 0 aliphatic rings. The largest absolute Gasteiger partial charge is 0.329 e. The van der Waals surface area contributed by atoms with Crippen LogP contribution in [0.25, 0.3) is 0 Å². The molecule has 1 aromatic carbocycles. The van der Waals surface area contributed by atoms with Crippen LogP contribution in [0.2, 0.25) is 0 Å². The zero-order valence-electron chi connectivity index (χ0n) is 7.83. The number of benzene rings is 1. The zero-order chi connectivity index (χ0) is 10.4. The molecule has 3 N–H and O–H groups in total. The number of halogens is 1. The van der Waals surface area contributed by atoms with Crippen molar-refractivity contribution in [2.75, 3.05) is 13.1 Å². The lowest BCUT2D eigenvalue weighted by Gasteiger charge is -2.15. The second-order valence-corrected chi connectivity index (χ2v) is 2.89. The summed E-state index contributed by atoms with van der Waals surface area (Å²) >= 11 is 0. The van der Waals surface area contributed by atoms with Crippen molar-refractivity contribution in [2.45, 2.75) is 6.04 Å². The molecule has 0 fully saturated rings. The Morgan fingerprint density at radius 1 is 1.50 bits per heavy atom. The number of terminal acetylenes is 1. The summed E-state index contributed by atoms with van der Waals surface area (Å²) < 4.78 is 13.3. The number of nitrogens with two attached hydrogens (primary N) is 1. The van der Waals surface area contributed by atoms with Gasteiger partial charge in [0.25, 0.3) is 0 Å². The molecule has 0 bridgehead atoms. The van der Waals surface area contributed by atoms with E-state index < -0.39 is 0 Å². The van der Waals surface area contributed by atoms with E-state index in [9.17, 15) is 4.39 Å². The molecule has 0 radical (unpaired) electrons. The standard InChI is InChI=1S/C11H13FN2/c1-2-7-14-11(8-13)9-5-3-4-6-10(9)12/h1,3-6,11,14H,7-8,13H2. The van der Waals surface area contributed by atoms with Crippen LogP contribution in [0.4, 0.5) is 4.39 Å². The van der Waals surface area contributed by atoms with Gasteiger partial charge in [0.2, 0.25) is 0 Å². The SMILES string of the molecule is C#CCNC(CN)c1ccccc1F. The van der Waals surface area contributed by atoms with Gasteiger partial charge in [0.1, 0.15) is 5.82 Å². The van der Waals surface area contributed by atoms with E-state index in [-0.39, 0.29) is 11.9 Å². The average molecular weight is 192 g/mol. The molecule has 0 amide bonds. The number of rotatable bonds is 4. The normalized spacial score (nSPS) is 12.1. The third-order valence-electron chi connectivity index (χ3n) is 1.97. The van der Waals surface area contributed by atoms with Crippen molar-refractivity contribution < 1.29 is 4.39 Å². The van der Waals surface area contributed by atoms with E-state index in [1.165, 1.54) is 6.07 Å². The second-order valence-electron chi connectivity index (χ2n) is 2.89. The van der Waals surface area contributed by atoms with Gasteiger partial charge >= 0.3 is 0 Å². The van der Waals surface area contributed by atoms with Crippen LogP contribution in [-0.2, 0) is 0 Å². The summed E-state index contributed by atoms with van der Waals surface area (Å²) in [6.07, 6.45) is 5.10. The van der Waals surface area contributed by atoms with E-state index in [4.69, 9.17) is 12.2 Å². The molecule has 2 nitrogen and oxygen atoms in total. The molecule has 74 valence electrons.